The van der Waals surface area contributed by atoms with Gasteiger partial charge in [0.15, 0.2) is 0 Å². The first-order chi connectivity index (χ1) is 17.4. The molecule has 5 atom stereocenters. The van der Waals surface area contributed by atoms with Crippen LogP contribution in [0, 0.1) is 11.2 Å². The molecule has 2 amide bonds. The molecule has 1 saturated heterocycles. The minimum Gasteiger partial charge on any atom is -0.394 e. The molecule has 10 heteroatoms. The monoisotopic (exact) mass is 551 g/mol. The maximum absolute atomic E-state index is 14.9. The van der Waals surface area contributed by atoms with Crippen LogP contribution in [-0.4, -0.2) is 53.4 Å². The Morgan fingerprint density at radius 1 is 1.24 bits per heavy atom. The van der Waals surface area contributed by atoms with Gasteiger partial charge in [-0.1, -0.05) is 56.1 Å². The minimum absolute atomic E-state index is 0.106. The molecule has 1 fully saturated rings. The lowest BCUT2D eigenvalue weighted by atomic mass is 9.62. The standard InChI is InChI=1S/C27H32Cl2FN3O4/c1-26(2,3)12-21-27(17-10-19(30)18(29)11-20(17)32-25(27)37)22(14-5-4-6-15(28)9-14)23(33-21)24(36)31-8-7-16(35)13-34/h4-6,9-11,16,21-23,33-35H,7-8,12-13H2,1-3H3,(H,31,36)(H,32,37)/t16-,21+,22-,23?,27-/m0/s1. The molecule has 0 bridgehead atoms. The molecule has 4 rings (SSSR count). The largest absolute Gasteiger partial charge is 0.394 e. The molecule has 2 heterocycles. The normalized spacial score (nSPS) is 25.7. The third-order valence-corrected chi connectivity index (χ3v) is 7.70. The van der Waals surface area contributed by atoms with Crippen LogP contribution in [-0.2, 0) is 15.0 Å². The fourth-order valence-electron chi connectivity index (χ4n) is 5.70. The Hall–Kier alpha value is -2.23. The SMILES string of the molecule is CC(C)(C)C[C@H]1NC(C(=O)NCC[C@H](O)CO)[C@H](c2cccc(Cl)c2)[C@@]12C(=O)Nc1cc(Cl)c(F)cc12. The molecule has 2 aliphatic rings. The minimum atomic E-state index is -1.33. The van der Waals surface area contributed by atoms with E-state index in [0.717, 1.165) is 0 Å². The molecule has 5 N–H and O–H groups in total. The molecular weight excluding hydrogens is 520 g/mol. The number of carbonyl (C=O) groups is 2. The van der Waals surface area contributed by atoms with Crippen molar-refractivity contribution in [1.82, 2.24) is 10.6 Å². The van der Waals surface area contributed by atoms with Crippen molar-refractivity contribution in [2.75, 3.05) is 18.5 Å². The molecule has 2 aliphatic heterocycles. The van der Waals surface area contributed by atoms with E-state index in [9.17, 15) is 19.1 Å². The predicted octanol–water partition coefficient (Wildman–Crippen LogP) is 3.74. The van der Waals surface area contributed by atoms with E-state index in [-0.39, 0.29) is 35.2 Å². The van der Waals surface area contributed by atoms with Gasteiger partial charge in [0, 0.05) is 29.2 Å². The van der Waals surface area contributed by atoms with Gasteiger partial charge < -0.3 is 26.2 Å². The molecule has 7 nitrogen and oxygen atoms in total. The highest BCUT2D eigenvalue weighted by molar-refractivity contribution is 6.31. The zero-order valence-electron chi connectivity index (χ0n) is 20.9. The van der Waals surface area contributed by atoms with Crippen molar-refractivity contribution in [3.8, 4) is 0 Å². The summed E-state index contributed by atoms with van der Waals surface area (Å²) in [6.07, 6.45) is -0.282. The summed E-state index contributed by atoms with van der Waals surface area (Å²) in [5.74, 6) is -2.10. The Morgan fingerprint density at radius 3 is 2.62 bits per heavy atom. The summed E-state index contributed by atoms with van der Waals surface area (Å²) in [4.78, 5) is 27.6. The number of hydrogen-bond acceptors (Lipinski definition) is 5. The zero-order chi connectivity index (χ0) is 27.1. The summed E-state index contributed by atoms with van der Waals surface area (Å²) >= 11 is 12.4. The summed E-state index contributed by atoms with van der Waals surface area (Å²) in [6.45, 7) is 5.83. The molecule has 0 aromatic heterocycles. The molecular formula is C27H32Cl2FN3O4. The van der Waals surface area contributed by atoms with Gasteiger partial charge in [-0.05, 0) is 53.6 Å². The fraction of sp³-hybridized carbons (Fsp3) is 0.481. The van der Waals surface area contributed by atoms with Crippen LogP contribution >= 0.6 is 23.2 Å². The van der Waals surface area contributed by atoms with Gasteiger partial charge in [0.25, 0.3) is 0 Å². The van der Waals surface area contributed by atoms with Crippen LogP contribution in [0.3, 0.4) is 0 Å². The fourth-order valence-corrected chi connectivity index (χ4v) is 6.06. The van der Waals surface area contributed by atoms with Crippen molar-refractivity contribution >= 4 is 40.7 Å². The van der Waals surface area contributed by atoms with E-state index in [2.05, 4.69) is 16.0 Å². The highest BCUT2D eigenvalue weighted by Gasteiger charge is 2.65. The average Bonchev–Trinajstić information content (AvgIpc) is 3.28. The predicted molar refractivity (Wildman–Crippen MR) is 141 cm³/mol. The summed E-state index contributed by atoms with van der Waals surface area (Å²) in [7, 11) is 0. The third kappa shape index (κ3) is 5.22. The van der Waals surface area contributed by atoms with Crippen LogP contribution in [0.5, 0.6) is 0 Å². The molecule has 0 saturated carbocycles. The van der Waals surface area contributed by atoms with Crippen LogP contribution in [0.1, 0.15) is 50.7 Å². The smallest absolute Gasteiger partial charge is 0.237 e. The van der Waals surface area contributed by atoms with Crippen LogP contribution in [0.15, 0.2) is 36.4 Å². The Labute approximate surface area is 225 Å². The summed E-state index contributed by atoms with van der Waals surface area (Å²) in [6, 6.07) is 8.30. The molecule has 1 unspecified atom stereocenters. The first-order valence-corrected chi connectivity index (χ1v) is 13.0. The van der Waals surface area contributed by atoms with E-state index in [0.29, 0.717) is 28.3 Å². The Balaban J connectivity index is 1.89. The van der Waals surface area contributed by atoms with Crippen molar-refractivity contribution < 1.29 is 24.2 Å². The van der Waals surface area contributed by atoms with Gasteiger partial charge in [0.1, 0.15) is 11.2 Å². The van der Waals surface area contributed by atoms with Crippen LogP contribution in [0.4, 0.5) is 10.1 Å². The highest BCUT2D eigenvalue weighted by atomic mass is 35.5. The number of nitrogens with one attached hydrogen (secondary N) is 3. The lowest BCUT2D eigenvalue weighted by Gasteiger charge is -2.37. The Bertz CT molecular complexity index is 1200. The molecule has 200 valence electrons. The van der Waals surface area contributed by atoms with Gasteiger partial charge in [-0.15, -0.1) is 0 Å². The van der Waals surface area contributed by atoms with Crippen molar-refractivity contribution in [3.63, 3.8) is 0 Å². The van der Waals surface area contributed by atoms with Gasteiger partial charge in [-0.2, -0.15) is 0 Å². The molecule has 1 spiro atoms. The third-order valence-electron chi connectivity index (χ3n) is 7.18. The van der Waals surface area contributed by atoms with Gasteiger partial charge in [0.05, 0.1) is 23.8 Å². The van der Waals surface area contributed by atoms with Crippen molar-refractivity contribution in [1.29, 1.82) is 0 Å². The van der Waals surface area contributed by atoms with E-state index in [1.54, 1.807) is 18.2 Å². The molecule has 2 aromatic carbocycles. The number of anilines is 1. The molecule has 37 heavy (non-hydrogen) atoms. The van der Waals surface area contributed by atoms with Gasteiger partial charge >= 0.3 is 0 Å². The first-order valence-electron chi connectivity index (χ1n) is 12.3. The highest BCUT2D eigenvalue weighted by Crippen LogP contribution is 2.57. The van der Waals surface area contributed by atoms with Gasteiger partial charge in [-0.25, -0.2) is 4.39 Å². The van der Waals surface area contributed by atoms with Gasteiger partial charge in [0.2, 0.25) is 11.8 Å². The Kier molecular flexibility index (Phi) is 7.89. The van der Waals surface area contributed by atoms with Crippen LogP contribution in [0.25, 0.3) is 0 Å². The topological polar surface area (TPSA) is 111 Å². The van der Waals surface area contributed by atoms with Crippen LogP contribution in [0.2, 0.25) is 10.0 Å². The van der Waals surface area contributed by atoms with E-state index in [4.69, 9.17) is 28.3 Å². The number of fused-ring (bicyclic) bond motifs is 2. The average molecular weight is 552 g/mol. The van der Waals surface area contributed by atoms with Crippen LogP contribution < -0.4 is 16.0 Å². The maximum atomic E-state index is 14.9. The Morgan fingerprint density at radius 2 is 1.97 bits per heavy atom. The second-order valence-electron chi connectivity index (χ2n) is 11.0. The van der Waals surface area contributed by atoms with E-state index in [1.165, 1.54) is 12.1 Å². The van der Waals surface area contributed by atoms with Crippen molar-refractivity contribution in [2.24, 2.45) is 5.41 Å². The molecule has 0 aliphatic carbocycles. The number of hydrogen-bond donors (Lipinski definition) is 5. The number of aliphatic hydroxyl groups is 2. The zero-order valence-corrected chi connectivity index (χ0v) is 22.5. The maximum Gasteiger partial charge on any atom is 0.237 e. The van der Waals surface area contributed by atoms with Crippen molar-refractivity contribution in [3.05, 3.63) is 63.4 Å². The summed E-state index contributed by atoms with van der Waals surface area (Å²) in [5.41, 5.74) is -0.0573. The number of amides is 2. The lowest BCUT2D eigenvalue weighted by Crippen LogP contribution is -2.49. The second-order valence-corrected chi connectivity index (χ2v) is 11.9. The second kappa shape index (κ2) is 10.5. The van der Waals surface area contributed by atoms with E-state index < -0.39 is 41.9 Å². The van der Waals surface area contributed by atoms with E-state index >= 15 is 0 Å². The lowest BCUT2D eigenvalue weighted by molar-refractivity contribution is -0.124. The quantitative estimate of drug-likeness (QED) is 0.360. The summed E-state index contributed by atoms with van der Waals surface area (Å²) < 4.78 is 14.9. The number of halogens is 3. The number of carbonyl (C=O) groups excluding carboxylic acids is 2. The molecule has 2 aromatic rings. The van der Waals surface area contributed by atoms with E-state index in [1.807, 2.05) is 26.8 Å². The summed E-state index contributed by atoms with van der Waals surface area (Å²) in [5, 5.41) is 28.3. The number of rotatable bonds is 7. The molecule has 0 radical (unpaired) electrons. The number of benzene rings is 2. The number of aliphatic hydroxyl groups excluding tert-OH is 2. The first kappa shape index (κ1) is 27.8. The van der Waals surface area contributed by atoms with Crippen molar-refractivity contribution in [2.45, 2.75) is 63.1 Å². The van der Waals surface area contributed by atoms with Gasteiger partial charge in [-0.3, -0.25) is 9.59 Å².